The number of H-pyrrole nitrogens is 1. The van der Waals surface area contributed by atoms with Crippen LogP contribution in [0, 0.1) is 0 Å². The molecule has 3 aromatic rings. The van der Waals surface area contributed by atoms with Crippen LogP contribution in [0.3, 0.4) is 0 Å². The first-order chi connectivity index (χ1) is 12.6. The van der Waals surface area contributed by atoms with Crippen LogP contribution in [0.25, 0.3) is 11.4 Å². The van der Waals surface area contributed by atoms with Gasteiger partial charge in [-0.25, -0.2) is 4.98 Å². The lowest BCUT2D eigenvalue weighted by atomic mass is 10.1. The molecule has 0 spiro atoms. The Balaban J connectivity index is 0.00000261. The van der Waals surface area contributed by atoms with E-state index in [2.05, 4.69) is 69.1 Å². The van der Waals surface area contributed by atoms with Crippen molar-refractivity contribution in [2.75, 3.05) is 14.1 Å². The third-order valence-corrected chi connectivity index (χ3v) is 4.55. The topological polar surface area (TPSA) is 74.1 Å². The number of nitrogens with zero attached hydrogens (tertiary/aromatic N) is 5. The molecular weight excluding hydrogens is 521 g/mol. The number of aromatic amines is 1. The number of aliphatic imine (C=N–C) groups is 1. The van der Waals surface area contributed by atoms with Gasteiger partial charge < -0.3 is 14.8 Å². The van der Waals surface area contributed by atoms with Crippen molar-refractivity contribution < 1.29 is 0 Å². The van der Waals surface area contributed by atoms with E-state index in [-0.39, 0.29) is 24.0 Å². The monoisotopic (exact) mass is 543 g/mol. The van der Waals surface area contributed by atoms with Gasteiger partial charge >= 0.3 is 0 Å². The van der Waals surface area contributed by atoms with Crippen molar-refractivity contribution in [2.24, 2.45) is 12.0 Å². The summed E-state index contributed by atoms with van der Waals surface area (Å²) in [4.78, 5) is 10.7. The lowest BCUT2D eigenvalue weighted by Gasteiger charge is -2.22. The number of guanidine groups is 1. The van der Waals surface area contributed by atoms with Crippen molar-refractivity contribution in [1.29, 1.82) is 0 Å². The van der Waals surface area contributed by atoms with Crippen LogP contribution >= 0.6 is 39.9 Å². The van der Waals surface area contributed by atoms with Gasteiger partial charge in [-0.1, -0.05) is 18.2 Å². The van der Waals surface area contributed by atoms with Crippen molar-refractivity contribution in [1.82, 2.24) is 30.0 Å². The molecular formula is C18H23BrIN7. The molecule has 7 nitrogen and oxygen atoms in total. The van der Waals surface area contributed by atoms with Crippen molar-refractivity contribution in [3.63, 3.8) is 0 Å². The highest BCUT2D eigenvalue weighted by molar-refractivity contribution is 14.0. The largest absolute Gasteiger partial charge is 0.352 e. The molecule has 0 radical (unpaired) electrons. The number of aryl methyl sites for hydroxylation is 1. The molecule has 0 bridgehead atoms. The summed E-state index contributed by atoms with van der Waals surface area (Å²) in [7, 11) is 5.87. The minimum Gasteiger partial charge on any atom is -0.352 e. The number of halogens is 2. The number of benzene rings is 1. The van der Waals surface area contributed by atoms with E-state index in [1.807, 2.05) is 32.4 Å². The third-order valence-electron chi connectivity index (χ3n) is 4.11. The molecule has 9 heteroatoms. The lowest BCUT2D eigenvalue weighted by molar-refractivity contribution is 0.461. The Bertz CT molecular complexity index is 889. The molecule has 0 atom stereocenters. The van der Waals surface area contributed by atoms with Gasteiger partial charge in [0.15, 0.2) is 11.8 Å². The molecule has 0 aliphatic heterocycles. The average molecular weight is 544 g/mol. The summed E-state index contributed by atoms with van der Waals surface area (Å²) in [6, 6.07) is 10.3. The van der Waals surface area contributed by atoms with Crippen LogP contribution in [0.5, 0.6) is 0 Å². The fourth-order valence-electron chi connectivity index (χ4n) is 2.78. The van der Waals surface area contributed by atoms with E-state index in [0.29, 0.717) is 6.54 Å². The first kappa shape index (κ1) is 21.4. The van der Waals surface area contributed by atoms with Gasteiger partial charge in [0.2, 0.25) is 0 Å². The molecule has 1 aromatic carbocycles. The molecule has 0 amide bonds. The fraction of sp³-hybridized carbons (Fsp3) is 0.278. The van der Waals surface area contributed by atoms with Gasteiger partial charge in [0, 0.05) is 49.6 Å². The number of nitrogens with one attached hydrogen (secondary N) is 2. The number of hydrogen-bond donors (Lipinski definition) is 2. The standard InChI is InChI=1S/C18H22BrN7.HI/c1-20-18(26(3)11-16-8-15(19)10-25(16)2)21-9-13-5-4-6-14(7-13)17-22-12-23-24-17;/h4-8,10,12H,9,11H2,1-3H3,(H,20,21)(H,22,23,24);1H. The molecule has 0 aliphatic rings. The van der Waals surface area contributed by atoms with Crippen LogP contribution in [0.1, 0.15) is 11.3 Å². The number of aromatic nitrogens is 4. The summed E-state index contributed by atoms with van der Waals surface area (Å²) in [6.45, 7) is 1.44. The summed E-state index contributed by atoms with van der Waals surface area (Å²) in [5, 5.41) is 10.2. The smallest absolute Gasteiger partial charge is 0.194 e. The lowest BCUT2D eigenvalue weighted by Crippen LogP contribution is -2.38. The molecule has 144 valence electrons. The van der Waals surface area contributed by atoms with E-state index >= 15 is 0 Å². The van der Waals surface area contributed by atoms with E-state index in [9.17, 15) is 0 Å². The molecule has 0 fully saturated rings. The molecule has 3 rings (SSSR count). The van der Waals surface area contributed by atoms with Crippen molar-refractivity contribution in [3.05, 3.63) is 58.6 Å². The fourth-order valence-corrected chi connectivity index (χ4v) is 3.35. The van der Waals surface area contributed by atoms with Crippen LogP contribution in [0.4, 0.5) is 0 Å². The summed E-state index contributed by atoms with van der Waals surface area (Å²) < 4.78 is 3.19. The summed E-state index contributed by atoms with van der Waals surface area (Å²) in [6.07, 6.45) is 3.56. The van der Waals surface area contributed by atoms with E-state index in [1.54, 1.807) is 7.05 Å². The summed E-state index contributed by atoms with van der Waals surface area (Å²) in [5.41, 5.74) is 3.36. The van der Waals surface area contributed by atoms with E-state index in [4.69, 9.17) is 0 Å². The predicted molar refractivity (Wildman–Crippen MR) is 122 cm³/mol. The maximum absolute atomic E-state index is 4.39. The van der Waals surface area contributed by atoms with Crippen molar-refractivity contribution in [2.45, 2.75) is 13.1 Å². The zero-order valence-electron chi connectivity index (χ0n) is 15.5. The van der Waals surface area contributed by atoms with Crippen molar-refractivity contribution >= 4 is 45.9 Å². The zero-order chi connectivity index (χ0) is 18.5. The van der Waals surface area contributed by atoms with Gasteiger partial charge in [0.1, 0.15) is 6.33 Å². The van der Waals surface area contributed by atoms with E-state index in [0.717, 1.165) is 33.9 Å². The van der Waals surface area contributed by atoms with Gasteiger partial charge in [-0.3, -0.25) is 10.1 Å². The van der Waals surface area contributed by atoms with Crippen LogP contribution < -0.4 is 5.32 Å². The first-order valence-electron chi connectivity index (χ1n) is 8.24. The van der Waals surface area contributed by atoms with Gasteiger partial charge in [-0.2, -0.15) is 5.10 Å². The number of rotatable bonds is 5. The van der Waals surface area contributed by atoms with E-state index in [1.165, 1.54) is 12.0 Å². The Morgan fingerprint density at radius 1 is 1.37 bits per heavy atom. The number of hydrogen-bond acceptors (Lipinski definition) is 3. The highest BCUT2D eigenvalue weighted by Crippen LogP contribution is 2.16. The highest BCUT2D eigenvalue weighted by Gasteiger charge is 2.10. The van der Waals surface area contributed by atoms with Crippen LogP contribution in [-0.4, -0.2) is 44.7 Å². The third kappa shape index (κ3) is 5.55. The Labute approximate surface area is 184 Å². The van der Waals surface area contributed by atoms with Gasteiger partial charge in [-0.15, -0.1) is 24.0 Å². The maximum Gasteiger partial charge on any atom is 0.194 e. The molecule has 0 unspecified atom stereocenters. The van der Waals surface area contributed by atoms with Crippen LogP contribution in [0.15, 0.2) is 52.3 Å². The quantitative estimate of drug-likeness (QED) is 0.294. The second kappa shape index (κ2) is 9.88. The molecule has 0 saturated carbocycles. The van der Waals surface area contributed by atoms with Crippen molar-refractivity contribution in [3.8, 4) is 11.4 Å². The van der Waals surface area contributed by atoms with Gasteiger partial charge in [0.05, 0.1) is 6.54 Å². The zero-order valence-corrected chi connectivity index (χ0v) is 19.4. The summed E-state index contributed by atoms with van der Waals surface area (Å²) >= 11 is 3.51. The summed E-state index contributed by atoms with van der Waals surface area (Å²) in [5.74, 6) is 1.61. The maximum atomic E-state index is 4.39. The van der Waals surface area contributed by atoms with Gasteiger partial charge in [0.25, 0.3) is 0 Å². The Hall–Kier alpha value is -1.88. The Kier molecular flexibility index (Phi) is 7.84. The Morgan fingerprint density at radius 2 is 2.19 bits per heavy atom. The SMILES string of the molecule is CN=C(NCc1cccc(-c2ncn[nH]2)c1)N(C)Cc1cc(Br)cn1C.I. The minimum atomic E-state index is 0. The van der Waals surface area contributed by atoms with E-state index < -0.39 is 0 Å². The molecule has 0 saturated heterocycles. The first-order valence-corrected chi connectivity index (χ1v) is 9.03. The second-order valence-electron chi connectivity index (χ2n) is 6.05. The molecule has 27 heavy (non-hydrogen) atoms. The second-order valence-corrected chi connectivity index (χ2v) is 6.97. The molecule has 0 aliphatic carbocycles. The van der Waals surface area contributed by atoms with Crippen LogP contribution in [0.2, 0.25) is 0 Å². The van der Waals surface area contributed by atoms with Crippen LogP contribution in [-0.2, 0) is 20.1 Å². The highest BCUT2D eigenvalue weighted by atomic mass is 127. The minimum absolute atomic E-state index is 0. The molecule has 2 heterocycles. The predicted octanol–water partition coefficient (Wildman–Crippen LogP) is 3.40. The normalized spacial score (nSPS) is 11.2. The van der Waals surface area contributed by atoms with Gasteiger partial charge in [-0.05, 0) is 33.6 Å². The average Bonchev–Trinajstić information content (AvgIpc) is 3.26. The molecule has 2 N–H and O–H groups in total. The Morgan fingerprint density at radius 3 is 2.81 bits per heavy atom. The molecule has 2 aromatic heterocycles.